The molecule has 0 saturated heterocycles. The summed E-state index contributed by atoms with van der Waals surface area (Å²) in [6, 6.07) is 0.371. The molecule has 16 heavy (non-hydrogen) atoms. The van der Waals surface area contributed by atoms with Gasteiger partial charge in [0.1, 0.15) is 0 Å². The van der Waals surface area contributed by atoms with E-state index in [0.717, 1.165) is 7.11 Å². The predicted octanol–water partition coefficient (Wildman–Crippen LogP) is 1.23. The number of halogens is 3. The van der Waals surface area contributed by atoms with Crippen molar-refractivity contribution in [1.82, 2.24) is 0 Å². The first-order chi connectivity index (χ1) is 7.40. The highest BCUT2D eigenvalue weighted by atomic mass is 19.2. The number of carboxylic acid groups (broad SMARTS) is 1. The number of aliphatic carboxylic acids is 1. The maximum absolute atomic E-state index is 13.2. The number of carbonyl (C=O) groups is 1. The van der Waals surface area contributed by atoms with Gasteiger partial charge in [-0.1, -0.05) is 0 Å². The lowest BCUT2D eigenvalue weighted by molar-refractivity contribution is -0.147. The summed E-state index contributed by atoms with van der Waals surface area (Å²) in [4.78, 5) is 10.3. The van der Waals surface area contributed by atoms with E-state index in [1.165, 1.54) is 0 Å². The number of methoxy groups -OCH3 is 1. The topological polar surface area (TPSA) is 66.8 Å². The van der Waals surface area contributed by atoms with Gasteiger partial charge < -0.3 is 14.9 Å². The summed E-state index contributed by atoms with van der Waals surface area (Å²) in [5, 5.41) is 17.4. The second kappa shape index (κ2) is 4.40. The van der Waals surface area contributed by atoms with Crippen molar-refractivity contribution in [3.63, 3.8) is 0 Å². The summed E-state index contributed by atoms with van der Waals surface area (Å²) in [6.45, 7) is 0. The SMILES string of the molecule is COc1c(F)cc(C(O)C(=O)O)c(F)c1F. The maximum atomic E-state index is 13.2. The molecule has 88 valence electrons. The average Bonchev–Trinajstić information content (AvgIpc) is 2.23. The fourth-order valence-corrected chi connectivity index (χ4v) is 1.12. The van der Waals surface area contributed by atoms with E-state index in [9.17, 15) is 18.0 Å². The number of aliphatic hydroxyl groups excluding tert-OH is 1. The molecule has 0 saturated carbocycles. The van der Waals surface area contributed by atoms with Crippen LogP contribution in [0.1, 0.15) is 11.7 Å². The van der Waals surface area contributed by atoms with E-state index in [1.807, 2.05) is 0 Å². The molecule has 7 heteroatoms. The minimum atomic E-state index is -2.34. The molecular weight excluding hydrogens is 229 g/mol. The third-order valence-electron chi connectivity index (χ3n) is 1.88. The zero-order valence-corrected chi connectivity index (χ0v) is 8.00. The van der Waals surface area contributed by atoms with Crippen LogP contribution in [0.2, 0.25) is 0 Å². The molecule has 0 aliphatic rings. The van der Waals surface area contributed by atoms with Crippen LogP contribution >= 0.6 is 0 Å². The van der Waals surface area contributed by atoms with Gasteiger partial charge in [-0.05, 0) is 6.07 Å². The molecule has 0 fully saturated rings. The Morgan fingerprint density at radius 3 is 2.38 bits per heavy atom. The van der Waals surface area contributed by atoms with Crippen LogP contribution in [0.25, 0.3) is 0 Å². The summed E-state index contributed by atoms with van der Waals surface area (Å²) in [5.74, 6) is -7.43. The summed E-state index contributed by atoms with van der Waals surface area (Å²) < 4.78 is 43.6. The average molecular weight is 236 g/mol. The molecule has 1 atom stereocenters. The monoisotopic (exact) mass is 236 g/mol. The number of aliphatic hydroxyl groups is 1. The van der Waals surface area contributed by atoms with Gasteiger partial charge >= 0.3 is 5.97 Å². The number of carboxylic acids is 1. The zero-order valence-electron chi connectivity index (χ0n) is 8.00. The fraction of sp³-hybridized carbons (Fsp3) is 0.222. The van der Waals surface area contributed by atoms with Crippen LogP contribution in [-0.4, -0.2) is 23.3 Å². The Morgan fingerprint density at radius 1 is 1.38 bits per heavy atom. The normalized spacial score (nSPS) is 12.3. The smallest absolute Gasteiger partial charge is 0.337 e. The number of benzene rings is 1. The van der Waals surface area contributed by atoms with Crippen LogP contribution in [0.5, 0.6) is 5.75 Å². The van der Waals surface area contributed by atoms with Crippen molar-refractivity contribution in [2.75, 3.05) is 7.11 Å². The van der Waals surface area contributed by atoms with E-state index in [4.69, 9.17) is 10.2 Å². The van der Waals surface area contributed by atoms with Crippen LogP contribution in [0.4, 0.5) is 13.2 Å². The highest BCUT2D eigenvalue weighted by molar-refractivity contribution is 5.74. The van der Waals surface area contributed by atoms with Crippen LogP contribution in [0.3, 0.4) is 0 Å². The van der Waals surface area contributed by atoms with E-state index >= 15 is 0 Å². The van der Waals surface area contributed by atoms with Crippen molar-refractivity contribution in [1.29, 1.82) is 0 Å². The Labute approximate surface area is 87.9 Å². The number of hydrogen-bond acceptors (Lipinski definition) is 3. The summed E-state index contributed by atoms with van der Waals surface area (Å²) >= 11 is 0. The Morgan fingerprint density at radius 2 is 1.94 bits per heavy atom. The molecule has 0 bridgehead atoms. The summed E-state index contributed by atoms with van der Waals surface area (Å²) in [6.07, 6.45) is -2.34. The van der Waals surface area contributed by atoms with Gasteiger partial charge in [-0.15, -0.1) is 0 Å². The minimum absolute atomic E-state index is 0.371. The number of rotatable bonds is 3. The first-order valence-corrected chi connectivity index (χ1v) is 4.02. The fourth-order valence-electron chi connectivity index (χ4n) is 1.12. The molecule has 0 spiro atoms. The molecule has 0 aliphatic heterocycles. The third-order valence-corrected chi connectivity index (χ3v) is 1.88. The van der Waals surface area contributed by atoms with Crippen molar-refractivity contribution in [2.45, 2.75) is 6.10 Å². The van der Waals surface area contributed by atoms with Crippen molar-refractivity contribution in [3.05, 3.63) is 29.1 Å². The first-order valence-electron chi connectivity index (χ1n) is 4.02. The molecule has 1 rings (SSSR count). The lowest BCUT2D eigenvalue weighted by atomic mass is 10.1. The third kappa shape index (κ3) is 1.94. The van der Waals surface area contributed by atoms with E-state index in [1.54, 1.807) is 0 Å². The molecule has 2 N–H and O–H groups in total. The van der Waals surface area contributed by atoms with E-state index < -0.39 is 40.8 Å². The molecule has 0 radical (unpaired) electrons. The molecule has 1 unspecified atom stereocenters. The van der Waals surface area contributed by atoms with Crippen molar-refractivity contribution in [3.8, 4) is 5.75 Å². The summed E-state index contributed by atoms with van der Waals surface area (Å²) in [5.41, 5.74) is -0.997. The van der Waals surface area contributed by atoms with Gasteiger partial charge in [-0.25, -0.2) is 13.6 Å². The van der Waals surface area contributed by atoms with Crippen LogP contribution < -0.4 is 4.74 Å². The van der Waals surface area contributed by atoms with E-state index in [2.05, 4.69) is 4.74 Å². The second-order valence-electron chi connectivity index (χ2n) is 2.85. The predicted molar refractivity (Wildman–Crippen MR) is 45.5 cm³/mol. The lowest BCUT2D eigenvalue weighted by Crippen LogP contribution is -2.14. The largest absolute Gasteiger partial charge is 0.491 e. The highest BCUT2D eigenvalue weighted by Gasteiger charge is 2.27. The quantitative estimate of drug-likeness (QED) is 0.774. The van der Waals surface area contributed by atoms with Gasteiger partial charge in [0.05, 0.1) is 7.11 Å². The Bertz CT molecular complexity index is 433. The number of hydrogen-bond donors (Lipinski definition) is 2. The van der Waals surface area contributed by atoms with Crippen LogP contribution in [0.15, 0.2) is 6.07 Å². The molecule has 0 aromatic heterocycles. The molecule has 1 aromatic rings. The van der Waals surface area contributed by atoms with Gasteiger partial charge in [-0.2, -0.15) is 4.39 Å². The molecular formula is C9H7F3O4. The molecule has 4 nitrogen and oxygen atoms in total. The van der Waals surface area contributed by atoms with Crippen LogP contribution in [-0.2, 0) is 4.79 Å². The van der Waals surface area contributed by atoms with Gasteiger partial charge in [0, 0.05) is 5.56 Å². The standard InChI is InChI=1S/C9H7F3O4/c1-16-8-4(10)2-3(5(11)6(8)12)7(13)9(14)15/h2,7,13H,1H3,(H,14,15). The van der Waals surface area contributed by atoms with E-state index in [0.29, 0.717) is 6.07 Å². The minimum Gasteiger partial charge on any atom is -0.491 e. The van der Waals surface area contributed by atoms with Gasteiger partial charge in [0.15, 0.2) is 23.5 Å². The summed E-state index contributed by atoms with van der Waals surface area (Å²) in [7, 11) is 0.925. The maximum Gasteiger partial charge on any atom is 0.337 e. The first kappa shape index (κ1) is 12.3. The van der Waals surface area contributed by atoms with Crippen molar-refractivity contribution in [2.24, 2.45) is 0 Å². The number of ether oxygens (including phenoxy) is 1. The Balaban J connectivity index is 3.39. The van der Waals surface area contributed by atoms with Crippen LogP contribution in [0, 0.1) is 17.5 Å². The van der Waals surface area contributed by atoms with E-state index in [-0.39, 0.29) is 0 Å². The Kier molecular flexibility index (Phi) is 3.38. The molecule has 0 aliphatic carbocycles. The Hall–Kier alpha value is -1.76. The highest BCUT2D eigenvalue weighted by Crippen LogP contribution is 2.29. The van der Waals surface area contributed by atoms with Crippen molar-refractivity contribution >= 4 is 5.97 Å². The van der Waals surface area contributed by atoms with Gasteiger partial charge in [0.25, 0.3) is 0 Å². The molecule has 1 aromatic carbocycles. The second-order valence-corrected chi connectivity index (χ2v) is 2.85. The van der Waals surface area contributed by atoms with Gasteiger partial charge in [0.2, 0.25) is 5.82 Å². The lowest BCUT2D eigenvalue weighted by Gasteiger charge is -2.10. The zero-order chi connectivity index (χ0) is 12.5. The molecule has 0 heterocycles. The van der Waals surface area contributed by atoms with Gasteiger partial charge in [-0.3, -0.25) is 0 Å². The van der Waals surface area contributed by atoms with Crippen molar-refractivity contribution < 1.29 is 32.9 Å². The molecule has 0 amide bonds.